The summed E-state index contributed by atoms with van der Waals surface area (Å²) in [5, 5.41) is 4.41. The molecule has 0 amide bonds. The number of anilines is 3. The van der Waals surface area contributed by atoms with Gasteiger partial charge in [0.25, 0.3) is 0 Å². The number of hydrogen-bond acceptors (Lipinski definition) is 4. The van der Waals surface area contributed by atoms with Crippen LogP contribution in [0.2, 0.25) is 0 Å². The summed E-state index contributed by atoms with van der Waals surface area (Å²) in [5.41, 5.74) is 11.9. The summed E-state index contributed by atoms with van der Waals surface area (Å²) in [4.78, 5) is 7.26. The van der Waals surface area contributed by atoms with E-state index in [0.29, 0.717) is 5.89 Å². The van der Waals surface area contributed by atoms with Crippen molar-refractivity contribution in [2.45, 2.75) is 0 Å². The van der Waals surface area contributed by atoms with Crippen molar-refractivity contribution in [2.24, 2.45) is 0 Å². The second-order valence-corrected chi connectivity index (χ2v) is 12.8. The highest BCUT2D eigenvalue weighted by Crippen LogP contribution is 2.43. The van der Waals surface area contributed by atoms with Crippen molar-refractivity contribution in [1.29, 1.82) is 0 Å². The van der Waals surface area contributed by atoms with Gasteiger partial charge in [-0.1, -0.05) is 115 Å². The van der Waals surface area contributed by atoms with E-state index in [2.05, 4.69) is 144 Å². The normalized spacial score (nSPS) is 11.5. The lowest BCUT2D eigenvalue weighted by atomic mass is 10.00. The van der Waals surface area contributed by atoms with Crippen molar-refractivity contribution in [3.63, 3.8) is 0 Å². The quantitative estimate of drug-likeness (QED) is 0.179. The molecule has 0 spiro atoms. The molecular formula is C47H30N2O2. The number of benzene rings is 8. The standard InChI is InChI=1S/C47H30N2O2/c1-3-12-33(13-4-1)39-17-9-10-18-41(39)49(38-25-21-31-11-7-8-16-35(31)29-38)37-23-19-32(20-24-37)36-22-26-40-44(30-36)50-42-27-28-43-46(45(40)42)48-47(51-43)34-14-5-2-6-15-34/h1-30H. The van der Waals surface area contributed by atoms with Crippen molar-refractivity contribution in [2.75, 3.05) is 4.90 Å². The summed E-state index contributed by atoms with van der Waals surface area (Å²) in [7, 11) is 0. The molecule has 4 nitrogen and oxygen atoms in total. The van der Waals surface area contributed by atoms with Crippen LogP contribution in [0.25, 0.3) is 77.5 Å². The van der Waals surface area contributed by atoms with E-state index in [4.69, 9.17) is 13.8 Å². The second kappa shape index (κ2) is 11.9. The number of hydrogen-bond donors (Lipinski definition) is 0. The molecule has 51 heavy (non-hydrogen) atoms. The van der Waals surface area contributed by atoms with Crippen molar-refractivity contribution >= 4 is 60.9 Å². The molecule has 240 valence electrons. The van der Waals surface area contributed by atoms with E-state index in [-0.39, 0.29) is 0 Å². The Hall–Kier alpha value is -6.91. The van der Waals surface area contributed by atoms with E-state index in [1.165, 1.54) is 21.9 Å². The smallest absolute Gasteiger partial charge is 0.227 e. The lowest BCUT2D eigenvalue weighted by Gasteiger charge is -2.28. The van der Waals surface area contributed by atoms with Crippen molar-refractivity contribution in [3.05, 3.63) is 182 Å². The molecule has 0 aliphatic rings. The van der Waals surface area contributed by atoms with Crippen molar-refractivity contribution < 1.29 is 8.83 Å². The first-order chi connectivity index (χ1) is 25.3. The summed E-state index contributed by atoms with van der Waals surface area (Å²) in [6.45, 7) is 0. The summed E-state index contributed by atoms with van der Waals surface area (Å²) >= 11 is 0. The van der Waals surface area contributed by atoms with Crippen LogP contribution >= 0.6 is 0 Å². The Kier molecular flexibility index (Phi) is 6.78. The monoisotopic (exact) mass is 654 g/mol. The SMILES string of the molecule is c1ccc(-c2nc3c(ccc4oc5cc(-c6ccc(N(c7ccc8ccccc8c7)c7ccccc7-c7ccccc7)cc6)ccc5c43)o2)cc1. The van der Waals surface area contributed by atoms with Gasteiger partial charge in [0.1, 0.15) is 16.7 Å². The zero-order chi connectivity index (χ0) is 33.7. The minimum atomic E-state index is 0.605. The van der Waals surface area contributed by atoms with E-state index in [1.54, 1.807) is 0 Å². The zero-order valence-electron chi connectivity index (χ0n) is 27.5. The lowest BCUT2D eigenvalue weighted by Crippen LogP contribution is -2.11. The molecular weight excluding hydrogens is 625 g/mol. The highest BCUT2D eigenvalue weighted by atomic mass is 16.4. The third-order valence-corrected chi connectivity index (χ3v) is 9.69. The molecule has 0 N–H and O–H groups in total. The van der Waals surface area contributed by atoms with Gasteiger partial charge in [-0.05, 0) is 94.2 Å². The van der Waals surface area contributed by atoms with E-state index < -0.39 is 0 Å². The molecule has 0 unspecified atom stereocenters. The first kappa shape index (κ1) is 29.0. The third kappa shape index (κ3) is 5.04. The molecule has 0 aliphatic heterocycles. The Morgan fingerprint density at radius 3 is 1.90 bits per heavy atom. The molecule has 0 aliphatic carbocycles. The van der Waals surface area contributed by atoms with Crippen LogP contribution in [0, 0.1) is 0 Å². The van der Waals surface area contributed by atoms with Gasteiger partial charge in [0, 0.05) is 27.9 Å². The number of para-hydroxylation sites is 1. The Labute approximate surface area is 294 Å². The van der Waals surface area contributed by atoms with Crippen molar-refractivity contribution in [1.82, 2.24) is 4.98 Å². The predicted octanol–water partition coefficient (Wildman–Crippen LogP) is 13.4. The fourth-order valence-corrected chi connectivity index (χ4v) is 7.21. The molecule has 0 saturated carbocycles. The number of nitrogens with zero attached hydrogens (tertiary/aromatic N) is 2. The van der Waals surface area contributed by atoms with Gasteiger partial charge in [-0.2, -0.15) is 0 Å². The molecule has 0 radical (unpaired) electrons. The van der Waals surface area contributed by atoms with Gasteiger partial charge in [-0.3, -0.25) is 0 Å². The van der Waals surface area contributed by atoms with Crippen LogP contribution < -0.4 is 4.90 Å². The zero-order valence-corrected chi connectivity index (χ0v) is 27.5. The minimum absolute atomic E-state index is 0.605. The first-order valence-corrected chi connectivity index (χ1v) is 17.1. The molecule has 2 aromatic heterocycles. The first-order valence-electron chi connectivity index (χ1n) is 17.1. The maximum absolute atomic E-state index is 6.42. The van der Waals surface area contributed by atoms with Crippen LogP contribution in [0.15, 0.2) is 191 Å². The molecule has 10 aromatic rings. The number of rotatable bonds is 6. The lowest BCUT2D eigenvalue weighted by molar-refractivity contribution is 0.619. The van der Waals surface area contributed by atoms with E-state index in [1.807, 2.05) is 42.5 Å². The number of furan rings is 1. The summed E-state index contributed by atoms with van der Waals surface area (Å²) < 4.78 is 12.6. The molecule has 10 rings (SSSR count). The minimum Gasteiger partial charge on any atom is -0.456 e. The fourth-order valence-electron chi connectivity index (χ4n) is 7.21. The Balaban J connectivity index is 1.06. The highest BCUT2D eigenvalue weighted by Gasteiger charge is 2.19. The van der Waals surface area contributed by atoms with Crippen molar-refractivity contribution in [3.8, 4) is 33.7 Å². The van der Waals surface area contributed by atoms with Gasteiger partial charge >= 0.3 is 0 Å². The average Bonchev–Trinajstić information content (AvgIpc) is 3.81. The molecule has 2 heterocycles. The Morgan fingerprint density at radius 2 is 1.08 bits per heavy atom. The topological polar surface area (TPSA) is 42.4 Å². The fraction of sp³-hybridized carbons (Fsp3) is 0. The number of fused-ring (bicyclic) bond motifs is 6. The second-order valence-electron chi connectivity index (χ2n) is 12.8. The van der Waals surface area contributed by atoms with Crippen LogP contribution in [0.5, 0.6) is 0 Å². The molecule has 0 fully saturated rings. The summed E-state index contributed by atoms with van der Waals surface area (Å²) in [5.74, 6) is 0.605. The van der Waals surface area contributed by atoms with Gasteiger partial charge in [-0.15, -0.1) is 0 Å². The third-order valence-electron chi connectivity index (χ3n) is 9.69. The largest absolute Gasteiger partial charge is 0.456 e. The van der Waals surface area contributed by atoms with Gasteiger partial charge < -0.3 is 13.7 Å². The van der Waals surface area contributed by atoms with Gasteiger partial charge in [0.15, 0.2) is 5.58 Å². The molecule has 4 heteroatoms. The highest BCUT2D eigenvalue weighted by molar-refractivity contribution is 6.17. The van der Waals surface area contributed by atoms with Crippen LogP contribution in [0.3, 0.4) is 0 Å². The maximum atomic E-state index is 6.42. The maximum Gasteiger partial charge on any atom is 0.227 e. The number of aromatic nitrogens is 1. The Morgan fingerprint density at radius 1 is 0.412 bits per heavy atom. The average molecular weight is 655 g/mol. The summed E-state index contributed by atoms with van der Waals surface area (Å²) in [6.07, 6.45) is 0. The van der Waals surface area contributed by atoms with Crippen LogP contribution in [-0.2, 0) is 0 Å². The van der Waals surface area contributed by atoms with Crippen LogP contribution in [-0.4, -0.2) is 4.98 Å². The van der Waals surface area contributed by atoms with Gasteiger partial charge in [0.05, 0.1) is 11.1 Å². The number of oxazole rings is 1. The summed E-state index contributed by atoms with van der Waals surface area (Å²) in [6, 6.07) is 63.6. The van der Waals surface area contributed by atoms with E-state index >= 15 is 0 Å². The Bertz CT molecular complexity index is 2850. The van der Waals surface area contributed by atoms with Gasteiger partial charge in [0.2, 0.25) is 5.89 Å². The van der Waals surface area contributed by atoms with E-state index in [9.17, 15) is 0 Å². The van der Waals surface area contributed by atoms with E-state index in [0.717, 1.165) is 66.8 Å². The molecule has 0 bridgehead atoms. The molecule has 8 aromatic carbocycles. The van der Waals surface area contributed by atoms with Gasteiger partial charge in [-0.25, -0.2) is 4.98 Å². The predicted molar refractivity (Wildman–Crippen MR) is 210 cm³/mol. The van der Waals surface area contributed by atoms with Crippen LogP contribution in [0.1, 0.15) is 0 Å². The molecule has 0 atom stereocenters. The van der Waals surface area contributed by atoms with Crippen LogP contribution in [0.4, 0.5) is 17.1 Å². The molecule has 0 saturated heterocycles.